The molecule has 1 amide bonds. The second-order valence-corrected chi connectivity index (χ2v) is 3.18. The number of nitrogens with zero attached hydrogens (tertiary/aromatic N) is 3. The number of aryl methyl sites for hydroxylation is 1. The fourth-order valence-electron chi connectivity index (χ4n) is 1.28. The van der Waals surface area contributed by atoms with Gasteiger partial charge < -0.3 is 16.4 Å². The maximum absolute atomic E-state index is 10.8. The molecule has 0 saturated carbocycles. The summed E-state index contributed by atoms with van der Waals surface area (Å²) in [5, 5.41) is 0. The normalized spacial score (nSPS) is 10.0. The predicted octanol–water partition coefficient (Wildman–Crippen LogP) is -0.321. The number of anilines is 2. The van der Waals surface area contributed by atoms with Crippen molar-refractivity contribution in [1.29, 1.82) is 0 Å². The van der Waals surface area contributed by atoms with Crippen LogP contribution in [0.1, 0.15) is 12.7 Å². The van der Waals surface area contributed by atoms with Crippen molar-refractivity contribution in [2.75, 3.05) is 23.7 Å². The third-order valence-electron chi connectivity index (χ3n) is 1.90. The van der Waals surface area contributed by atoms with Gasteiger partial charge in [0.25, 0.3) is 0 Å². The van der Waals surface area contributed by atoms with E-state index in [2.05, 4.69) is 9.97 Å². The first kappa shape index (κ1) is 11.2. The number of rotatable bonds is 4. The van der Waals surface area contributed by atoms with Gasteiger partial charge in [-0.25, -0.2) is 9.97 Å². The molecule has 6 heteroatoms. The monoisotopic (exact) mass is 209 g/mol. The van der Waals surface area contributed by atoms with E-state index < -0.39 is 5.91 Å². The molecule has 15 heavy (non-hydrogen) atoms. The highest BCUT2D eigenvalue weighted by atomic mass is 16.1. The average molecular weight is 209 g/mol. The lowest BCUT2D eigenvalue weighted by atomic mass is 10.4. The molecule has 82 valence electrons. The van der Waals surface area contributed by atoms with Gasteiger partial charge in [0.1, 0.15) is 17.5 Å². The first-order valence-corrected chi connectivity index (χ1v) is 4.67. The van der Waals surface area contributed by atoms with Gasteiger partial charge in [-0.3, -0.25) is 4.79 Å². The largest absolute Gasteiger partial charge is 0.384 e. The van der Waals surface area contributed by atoms with Crippen molar-refractivity contribution >= 4 is 17.5 Å². The molecule has 0 bridgehead atoms. The lowest BCUT2D eigenvalue weighted by molar-refractivity contribution is -0.116. The summed E-state index contributed by atoms with van der Waals surface area (Å²) in [4.78, 5) is 20.7. The maximum atomic E-state index is 10.8. The Morgan fingerprint density at radius 2 is 2.20 bits per heavy atom. The number of hydrogen-bond donors (Lipinski definition) is 2. The molecular formula is C9H15N5O. The number of primary amides is 1. The van der Waals surface area contributed by atoms with Crippen LogP contribution >= 0.6 is 0 Å². The number of likely N-dealkylation sites (N-methyl/N-ethyl adjacent to an activating group) is 1. The SMILES string of the molecule is CCN(CC(N)=O)c1cc(N)nc(C)n1. The van der Waals surface area contributed by atoms with E-state index in [0.29, 0.717) is 24.0 Å². The number of nitrogen functional groups attached to an aromatic ring is 1. The van der Waals surface area contributed by atoms with Gasteiger partial charge in [-0.1, -0.05) is 0 Å². The summed E-state index contributed by atoms with van der Waals surface area (Å²) >= 11 is 0. The molecule has 0 fully saturated rings. The van der Waals surface area contributed by atoms with E-state index in [1.54, 1.807) is 17.9 Å². The highest BCUT2D eigenvalue weighted by molar-refractivity contribution is 5.79. The molecule has 0 saturated heterocycles. The summed E-state index contributed by atoms with van der Waals surface area (Å²) < 4.78 is 0. The molecule has 0 spiro atoms. The fourth-order valence-corrected chi connectivity index (χ4v) is 1.28. The van der Waals surface area contributed by atoms with E-state index in [1.807, 2.05) is 6.92 Å². The van der Waals surface area contributed by atoms with Crippen molar-refractivity contribution in [3.63, 3.8) is 0 Å². The molecule has 4 N–H and O–H groups in total. The number of carbonyl (C=O) groups excluding carboxylic acids is 1. The van der Waals surface area contributed by atoms with Gasteiger partial charge in [-0.2, -0.15) is 0 Å². The van der Waals surface area contributed by atoms with Crippen molar-refractivity contribution in [2.45, 2.75) is 13.8 Å². The van der Waals surface area contributed by atoms with E-state index in [0.717, 1.165) is 0 Å². The zero-order chi connectivity index (χ0) is 11.4. The molecule has 1 rings (SSSR count). The Morgan fingerprint density at radius 3 is 2.67 bits per heavy atom. The lowest BCUT2D eigenvalue weighted by Gasteiger charge is -2.20. The molecule has 0 radical (unpaired) electrons. The van der Waals surface area contributed by atoms with Gasteiger partial charge in [0.15, 0.2) is 0 Å². The van der Waals surface area contributed by atoms with Gasteiger partial charge in [0.05, 0.1) is 6.54 Å². The molecule has 1 heterocycles. The van der Waals surface area contributed by atoms with Crippen LogP contribution in [0.5, 0.6) is 0 Å². The molecule has 1 aromatic heterocycles. The summed E-state index contributed by atoms with van der Waals surface area (Å²) in [5.74, 6) is 1.20. The topological polar surface area (TPSA) is 98.1 Å². The maximum Gasteiger partial charge on any atom is 0.236 e. The smallest absolute Gasteiger partial charge is 0.236 e. The van der Waals surface area contributed by atoms with E-state index in [-0.39, 0.29) is 6.54 Å². The summed E-state index contributed by atoms with van der Waals surface area (Å²) in [5.41, 5.74) is 10.7. The first-order chi connectivity index (χ1) is 7.02. The number of aromatic nitrogens is 2. The molecule has 1 aromatic rings. The Hall–Kier alpha value is -1.85. The van der Waals surface area contributed by atoms with Gasteiger partial charge in [-0.15, -0.1) is 0 Å². The van der Waals surface area contributed by atoms with Crippen LogP contribution in [-0.4, -0.2) is 29.0 Å². The second-order valence-electron chi connectivity index (χ2n) is 3.18. The highest BCUT2D eigenvalue weighted by Crippen LogP contribution is 2.12. The van der Waals surface area contributed by atoms with Crippen molar-refractivity contribution in [1.82, 2.24) is 9.97 Å². The number of nitrogens with two attached hydrogens (primary N) is 2. The molecule has 0 unspecified atom stereocenters. The van der Waals surface area contributed by atoms with E-state index >= 15 is 0 Å². The quantitative estimate of drug-likeness (QED) is 0.708. The van der Waals surface area contributed by atoms with Crippen LogP contribution in [0.15, 0.2) is 6.07 Å². The zero-order valence-electron chi connectivity index (χ0n) is 8.90. The highest BCUT2D eigenvalue weighted by Gasteiger charge is 2.10. The van der Waals surface area contributed by atoms with E-state index in [1.165, 1.54) is 0 Å². The van der Waals surface area contributed by atoms with Crippen LogP contribution in [-0.2, 0) is 4.79 Å². The van der Waals surface area contributed by atoms with Gasteiger partial charge in [-0.05, 0) is 13.8 Å². The molecule has 0 aliphatic carbocycles. The molecule has 0 aliphatic rings. The minimum Gasteiger partial charge on any atom is -0.384 e. The Kier molecular flexibility index (Phi) is 3.43. The molecule has 0 atom stereocenters. The first-order valence-electron chi connectivity index (χ1n) is 4.67. The minimum atomic E-state index is -0.397. The van der Waals surface area contributed by atoms with E-state index in [4.69, 9.17) is 11.5 Å². The molecule has 0 aromatic carbocycles. The molecular weight excluding hydrogens is 194 g/mol. The zero-order valence-corrected chi connectivity index (χ0v) is 8.90. The van der Waals surface area contributed by atoms with E-state index in [9.17, 15) is 4.79 Å². The van der Waals surface area contributed by atoms with Crippen molar-refractivity contribution in [3.8, 4) is 0 Å². The summed E-state index contributed by atoms with van der Waals surface area (Å²) in [6.45, 7) is 4.43. The Labute approximate surface area is 88.3 Å². The standard InChI is InChI=1S/C9H15N5O/c1-3-14(5-8(11)15)9-4-7(10)12-6(2)13-9/h4H,3,5H2,1-2H3,(H2,11,15)(H2,10,12,13). The predicted molar refractivity (Wildman–Crippen MR) is 58.3 cm³/mol. The number of amides is 1. The van der Waals surface area contributed by atoms with Crippen molar-refractivity contribution in [2.24, 2.45) is 5.73 Å². The van der Waals surface area contributed by atoms with Crippen LogP contribution in [0.4, 0.5) is 11.6 Å². The Morgan fingerprint density at radius 1 is 1.53 bits per heavy atom. The average Bonchev–Trinajstić information content (AvgIpc) is 2.12. The molecule has 0 aliphatic heterocycles. The minimum absolute atomic E-state index is 0.131. The Balaban J connectivity index is 2.95. The third-order valence-corrected chi connectivity index (χ3v) is 1.90. The second kappa shape index (κ2) is 4.59. The van der Waals surface area contributed by atoms with Crippen LogP contribution in [0, 0.1) is 6.92 Å². The van der Waals surface area contributed by atoms with Gasteiger partial charge in [0, 0.05) is 12.6 Å². The van der Waals surface area contributed by atoms with Crippen LogP contribution in [0.25, 0.3) is 0 Å². The van der Waals surface area contributed by atoms with Crippen LogP contribution in [0.2, 0.25) is 0 Å². The number of carbonyl (C=O) groups is 1. The van der Waals surface area contributed by atoms with Crippen LogP contribution < -0.4 is 16.4 Å². The lowest BCUT2D eigenvalue weighted by Crippen LogP contribution is -2.34. The fraction of sp³-hybridized carbons (Fsp3) is 0.444. The van der Waals surface area contributed by atoms with Gasteiger partial charge >= 0.3 is 0 Å². The van der Waals surface area contributed by atoms with Crippen molar-refractivity contribution < 1.29 is 4.79 Å². The van der Waals surface area contributed by atoms with Gasteiger partial charge in [0.2, 0.25) is 5.91 Å². The summed E-state index contributed by atoms with van der Waals surface area (Å²) in [6.07, 6.45) is 0. The number of hydrogen-bond acceptors (Lipinski definition) is 5. The summed E-state index contributed by atoms with van der Waals surface area (Å²) in [7, 11) is 0. The Bertz CT molecular complexity index is 345. The van der Waals surface area contributed by atoms with Crippen molar-refractivity contribution in [3.05, 3.63) is 11.9 Å². The third kappa shape index (κ3) is 3.08. The summed E-state index contributed by atoms with van der Waals surface area (Å²) in [6, 6.07) is 1.62. The van der Waals surface area contributed by atoms with Crippen LogP contribution in [0.3, 0.4) is 0 Å². The molecule has 6 nitrogen and oxygen atoms in total.